The summed E-state index contributed by atoms with van der Waals surface area (Å²) < 4.78 is 0. The summed E-state index contributed by atoms with van der Waals surface area (Å²) in [4.78, 5) is 58.1. The second kappa shape index (κ2) is 20.1. The first-order valence-electron chi connectivity index (χ1n) is 17.2. The van der Waals surface area contributed by atoms with Gasteiger partial charge in [0.05, 0.1) is 0 Å². The fourth-order valence-corrected chi connectivity index (χ4v) is 5.76. The minimum Gasteiger partial charge on any atom is -0.361 e. The molecule has 0 aliphatic rings. The average molecular weight is 647 g/mol. The molecule has 1 aromatic heterocycles. The zero-order valence-corrected chi connectivity index (χ0v) is 28.4. The normalized spacial score (nSPS) is 13.0. The Bertz CT molecular complexity index is 1410. The van der Waals surface area contributed by atoms with E-state index >= 15 is 0 Å². The second-order valence-electron chi connectivity index (χ2n) is 12.4. The Morgan fingerprint density at radius 3 is 2.28 bits per heavy atom. The number of hydrogen-bond donors (Lipinski definition) is 5. The number of nitrogens with zero attached hydrogens (tertiary/aromatic N) is 1. The summed E-state index contributed by atoms with van der Waals surface area (Å²) in [5, 5.41) is 10.0. The van der Waals surface area contributed by atoms with Crippen LogP contribution in [-0.4, -0.2) is 71.8 Å². The lowest BCUT2D eigenvalue weighted by molar-refractivity contribution is -0.132. The third-order valence-corrected chi connectivity index (χ3v) is 8.49. The highest BCUT2D eigenvalue weighted by Gasteiger charge is 2.27. The Morgan fingerprint density at radius 1 is 0.809 bits per heavy atom. The molecule has 10 nitrogen and oxygen atoms in total. The number of para-hydroxylation sites is 1. The number of benzene rings is 2. The summed E-state index contributed by atoms with van der Waals surface area (Å²) in [7, 11) is 1.81. The highest BCUT2D eigenvalue weighted by molar-refractivity contribution is 5.90. The number of rotatable bonds is 21. The van der Waals surface area contributed by atoms with Crippen molar-refractivity contribution in [3.05, 3.63) is 71.9 Å². The molecule has 47 heavy (non-hydrogen) atoms. The van der Waals surface area contributed by atoms with Crippen LogP contribution in [0.2, 0.25) is 0 Å². The van der Waals surface area contributed by atoms with E-state index in [1.807, 2.05) is 60.8 Å². The molecule has 0 bridgehead atoms. The number of carbonyl (C=O) groups excluding carboxylic acids is 4. The van der Waals surface area contributed by atoms with E-state index in [0.29, 0.717) is 32.4 Å². The number of H-pyrrole nitrogens is 1. The van der Waals surface area contributed by atoms with E-state index in [9.17, 15) is 19.2 Å². The van der Waals surface area contributed by atoms with Gasteiger partial charge in [-0.3, -0.25) is 19.2 Å². The molecule has 6 N–H and O–H groups in total. The summed E-state index contributed by atoms with van der Waals surface area (Å²) >= 11 is 0. The smallest absolute Gasteiger partial charge is 0.243 e. The van der Waals surface area contributed by atoms with Gasteiger partial charge >= 0.3 is 0 Å². The third kappa shape index (κ3) is 12.9. The first-order chi connectivity index (χ1) is 22.7. The number of nitrogens with one attached hydrogen (secondary N) is 4. The molecule has 3 rings (SSSR count). The summed E-state index contributed by atoms with van der Waals surface area (Å²) in [6.45, 7) is 5.10. The largest absolute Gasteiger partial charge is 0.361 e. The average Bonchev–Trinajstić information content (AvgIpc) is 3.47. The molecule has 0 fully saturated rings. The van der Waals surface area contributed by atoms with Crippen molar-refractivity contribution in [3.8, 4) is 0 Å². The number of fused-ring (bicyclic) bond motifs is 1. The molecule has 0 radical (unpaired) electrons. The van der Waals surface area contributed by atoms with Crippen molar-refractivity contribution in [2.24, 2.45) is 5.73 Å². The molecule has 0 spiro atoms. The first kappa shape index (κ1) is 37.3. The summed E-state index contributed by atoms with van der Waals surface area (Å²) in [5.41, 5.74) is 8.58. The van der Waals surface area contributed by atoms with E-state index in [0.717, 1.165) is 54.1 Å². The van der Waals surface area contributed by atoms with Crippen LogP contribution in [0.1, 0.15) is 82.8 Å². The van der Waals surface area contributed by atoms with E-state index in [1.165, 1.54) is 0 Å². The maximum absolute atomic E-state index is 14.0. The van der Waals surface area contributed by atoms with Gasteiger partial charge < -0.3 is 31.6 Å². The standard InChI is InChI=1S/C37H54N6O4/c1-4-6-14-21-43(3)36(46)25-29(17-12-13-20-38)41-37(47)33(23-28-26-39-32-19-11-10-18-31(28)32)42-35(45)24-30(40-34(44)5-2)22-27-15-8-7-9-16-27/h7-11,15-16,18-19,26,29-30,33,39H,4-6,12-14,17,20-25,38H2,1-3H3,(H,40,44)(H,41,47)(H,42,45)/t29?,30-,33+/m1/s1. The van der Waals surface area contributed by atoms with E-state index < -0.39 is 18.1 Å². The van der Waals surface area contributed by atoms with Gasteiger partial charge in [0.25, 0.3) is 0 Å². The van der Waals surface area contributed by atoms with Crippen molar-refractivity contribution >= 4 is 34.5 Å². The number of aromatic amines is 1. The fourth-order valence-electron chi connectivity index (χ4n) is 5.76. The monoisotopic (exact) mass is 646 g/mol. The quantitative estimate of drug-likeness (QED) is 0.109. The molecule has 3 atom stereocenters. The van der Waals surface area contributed by atoms with Gasteiger partial charge in [-0.15, -0.1) is 0 Å². The van der Waals surface area contributed by atoms with Crippen molar-refractivity contribution in [3.63, 3.8) is 0 Å². The molecule has 4 amide bonds. The highest BCUT2D eigenvalue weighted by Crippen LogP contribution is 2.20. The van der Waals surface area contributed by atoms with Gasteiger partial charge in [-0.2, -0.15) is 0 Å². The van der Waals surface area contributed by atoms with Gasteiger partial charge in [0.2, 0.25) is 23.6 Å². The molecule has 0 saturated carbocycles. The molecule has 0 aliphatic carbocycles. The van der Waals surface area contributed by atoms with Gasteiger partial charge in [0, 0.05) is 68.5 Å². The van der Waals surface area contributed by atoms with Crippen molar-refractivity contribution < 1.29 is 19.2 Å². The summed E-state index contributed by atoms with van der Waals surface area (Å²) in [6.07, 6.45) is 8.32. The second-order valence-corrected chi connectivity index (χ2v) is 12.4. The fraction of sp³-hybridized carbons (Fsp3) is 0.514. The lowest BCUT2D eigenvalue weighted by Crippen LogP contribution is -2.52. The molecule has 0 aliphatic heterocycles. The SMILES string of the molecule is CCCCCN(C)C(=O)CC(CCCCN)NC(=O)[C@H](Cc1c[nH]c2ccccc12)NC(=O)C[C@@H](Cc1ccccc1)NC(=O)CC. The predicted octanol–water partition coefficient (Wildman–Crippen LogP) is 4.38. The van der Waals surface area contributed by atoms with E-state index in [-0.39, 0.29) is 42.9 Å². The van der Waals surface area contributed by atoms with E-state index in [4.69, 9.17) is 5.73 Å². The minimum absolute atomic E-state index is 0.0132. The first-order valence-corrected chi connectivity index (χ1v) is 17.2. The summed E-state index contributed by atoms with van der Waals surface area (Å²) in [5.74, 6) is -0.850. The Balaban J connectivity index is 1.80. The van der Waals surface area contributed by atoms with Gasteiger partial charge in [0.15, 0.2) is 0 Å². The van der Waals surface area contributed by atoms with Crippen LogP contribution in [-0.2, 0) is 32.0 Å². The van der Waals surface area contributed by atoms with Crippen LogP contribution in [0.4, 0.5) is 0 Å². The number of hydrogen-bond acceptors (Lipinski definition) is 5. The molecular formula is C37H54N6O4. The molecule has 256 valence electrons. The molecule has 3 aromatic rings. The van der Waals surface area contributed by atoms with E-state index in [2.05, 4.69) is 27.9 Å². The van der Waals surface area contributed by atoms with Crippen LogP contribution in [0, 0.1) is 0 Å². The Morgan fingerprint density at radius 2 is 1.55 bits per heavy atom. The summed E-state index contributed by atoms with van der Waals surface area (Å²) in [6, 6.07) is 15.8. The van der Waals surface area contributed by atoms with Gasteiger partial charge in [-0.05, 0) is 49.4 Å². The number of amides is 4. The number of nitrogens with two attached hydrogens (primary N) is 1. The third-order valence-electron chi connectivity index (χ3n) is 8.49. The van der Waals surface area contributed by atoms with Crippen LogP contribution in [0.5, 0.6) is 0 Å². The molecule has 1 heterocycles. The van der Waals surface area contributed by atoms with Crippen molar-refractivity contribution in [1.82, 2.24) is 25.8 Å². The van der Waals surface area contributed by atoms with Gasteiger partial charge in [-0.1, -0.05) is 81.6 Å². The zero-order valence-electron chi connectivity index (χ0n) is 28.4. The Labute approximate surface area is 279 Å². The van der Waals surface area contributed by atoms with Crippen molar-refractivity contribution in [1.29, 1.82) is 0 Å². The van der Waals surface area contributed by atoms with E-state index in [1.54, 1.807) is 18.9 Å². The maximum Gasteiger partial charge on any atom is 0.243 e. The van der Waals surface area contributed by atoms with Gasteiger partial charge in [0.1, 0.15) is 6.04 Å². The van der Waals surface area contributed by atoms with Crippen LogP contribution in [0.3, 0.4) is 0 Å². The van der Waals surface area contributed by atoms with Crippen molar-refractivity contribution in [2.75, 3.05) is 20.1 Å². The molecule has 2 aromatic carbocycles. The molecular weight excluding hydrogens is 592 g/mol. The number of aromatic nitrogens is 1. The lowest BCUT2D eigenvalue weighted by atomic mass is 10.00. The number of unbranched alkanes of at least 4 members (excludes halogenated alkanes) is 3. The molecule has 10 heteroatoms. The predicted molar refractivity (Wildman–Crippen MR) is 188 cm³/mol. The maximum atomic E-state index is 14.0. The lowest BCUT2D eigenvalue weighted by Gasteiger charge is -2.26. The Kier molecular flexibility index (Phi) is 16.0. The molecule has 0 saturated heterocycles. The highest BCUT2D eigenvalue weighted by atomic mass is 16.2. The van der Waals surface area contributed by atoms with Crippen LogP contribution in [0.15, 0.2) is 60.8 Å². The van der Waals surface area contributed by atoms with Gasteiger partial charge in [-0.25, -0.2) is 0 Å². The number of carbonyl (C=O) groups is 4. The molecule has 1 unspecified atom stereocenters. The zero-order chi connectivity index (χ0) is 34.0. The Hall–Kier alpha value is -4.18. The minimum atomic E-state index is -0.893. The topological polar surface area (TPSA) is 149 Å². The van der Waals surface area contributed by atoms with Crippen LogP contribution in [0.25, 0.3) is 10.9 Å². The van der Waals surface area contributed by atoms with Crippen LogP contribution >= 0.6 is 0 Å². The van der Waals surface area contributed by atoms with Crippen LogP contribution < -0.4 is 21.7 Å². The van der Waals surface area contributed by atoms with Crippen molar-refractivity contribution in [2.45, 2.75) is 103 Å².